The van der Waals surface area contributed by atoms with E-state index in [1.54, 1.807) is 0 Å². The SMILES string of the molecule is CCCCOCCCNCc1ccc2c(c1)OCCO2.Cl. The molecular formula is C16H26ClNO3. The molecule has 120 valence electrons. The van der Waals surface area contributed by atoms with E-state index in [4.69, 9.17) is 14.2 Å². The number of hydrogen-bond acceptors (Lipinski definition) is 4. The summed E-state index contributed by atoms with van der Waals surface area (Å²) in [6.07, 6.45) is 3.40. The lowest BCUT2D eigenvalue weighted by atomic mass is 10.2. The Morgan fingerprint density at radius 2 is 1.86 bits per heavy atom. The molecule has 0 spiro atoms. The highest BCUT2D eigenvalue weighted by Crippen LogP contribution is 2.30. The van der Waals surface area contributed by atoms with E-state index >= 15 is 0 Å². The Hall–Kier alpha value is -0.970. The fourth-order valence-electron chi connectivity index (χ4n) is 2.08. The standard InChI is InChI=1S/C16H25NO3.ClH/c1-2-3-8-18-9-4-7-17-13-14-5-6-15-16(12-14)20-11-10-19-15;/h5-6,12,17H,2-4,7-11,13H2,1H3;1H. The summed E-state index contributed by atoms with van der Waals surface area (Å²) in [4.78, 5) is 0. The second-order valence-corrected chi connectivity index (χ2v) is 4.97. The van der Waals surface area contributed by atoms with Gasteiger partial charge in [-0.1, -0.05) is 19.4 Å². The summed E-state index contributed by atoms with van der Waals surface area (Å²) in [6, 6.07) is 6.12. The van der Waals surface area contributed by atoms with Crippen LogP contribution in [0.4, 0.5) is 0 Å². The van der Waals surface area contributed by atoms with E-state index in [1.165, 1.54) is 12.0 Å². The molecule has 1 N–H and O–H groups in total. The molecule has 1 aromatic rings. The molecule has 0 atom stereocenters. The molecule has 5 heteroatoms. The highest BCUT2D eigenvalue weighted by atomic mass is 35.5. The zero-order valence-corrected chi connectivity index (χ0v) is 13.5. The maximum Gasteiger partial charge on any atom is 0.161 e. The van der Waals surface area contributed by atoms with Gasteiger partial charge in [-0.3, -0.25) is 0 Å². The van der Waals surface area contributed by atoms with Crippen LogP contribution in [0, 0.1) is 0 Å². The average molecular weight is 316 g/mol. The molecule has 0 unspecified atom stereocenters. The number of fused-ring (bicyclic) bond motifs is 1. The molecule has 0 saturated heterocycles. The van der Waals surface area contributed by atoms with Crippen LogP contribution in [-0.2, 0) is 11.3 Å². The van der Waals surface area contributed by atoms with Crippen molar-refractivity contribution in [3.63, 3.8) is 0 Å². The Kier molecular flexibility index (Phi) is 9.22. The zero-order valence-electron chi connectivity index (χ0n) is 12.7. The van der Waals surface area contributed by atoms with Crippen LogP contribution < -0.4 is 14.8 Å². The van der Waals surface area contributed by atoms with Crippen molar-refractivity contribution in [2.75, 3.05) is 33.0 Å². The van der Waals surface area contributed by atoms with Crippen LogP contribution in [0.15, 0.2) is 18.2 Å². The van der Waals surface area contributed by atoms with Gasteiger partial charge >= 0.3 is 0 Å². The summed E-state index contributed by atoms with van der Waals surface area (Å²) in [5.74, 6) is 1.71. The molecule has 0 fully saturated rings. The van der Waals surface area contributed by atoms with Gasteiger partial charge in [-0.15, -0.1) is 12.4 Å². The van der Waals surface area contributed by atoms with Gasteiger partial charge in [0.1, 0.15) is 13.2 Å². The lowest BCUT2D eigenvalue weighted by molar-refractivity contribution is 0.128. The molecule has 1 aromatic carbocycles. The number of unbranched alkanes of at least 4 members (excludes halogenated alkanes) is 1. The maximum absolute atomic E-state index is 5.57. The third-order valence-electron chi connectivity index (χ3n) is 3.22. The minimum absolute atomic E-state index is 0. The molecular weight excluding hydrogens is 290 g/mol. The van der Waals surface area contributed by atoms with Gasteiger partial charge in [-0.2, -0.15) is 0 Å². The first-order chi connectivity index (χ1) is 9.90. The van der Waals surface area contributed by atoms with Crippen molar-refractivity contribution in [3.05, 3.63) is 23.8 Å². The van der Waals surface area contributed by atoms with E-state index in [2.05, 4.69) is 24.4 Å². The molecule has 0 bridgehead atoms. The first kappa shape index (κ1) is 18.1. The molecule has 4 nitrogen and oxygen atoms in total. The number of ether oxygens (including phenoxy) is 3. The normalized spacial score (nSPS) is 12.8. The van der Waals surface area contributed by atoms with Crippen LogP contribution in [0.25, 0.3) is 0 Å². The van der Waals surface area contributed by atoms with Gasteiger partial charge in [0.25, 0.3) is 0 Å². The first-order valence-corrected chi connectivity index (χ1v) is 7.57. The fraction of sp³-hybridized carbons (Fsp3) is 0.625. The summed E-state index contributed by atoms with van der Waals surface area (Å²) >= 11 is 0. The third kappa shape index (κ3) is 6.55. The second kappa shape index (κ2) is 10.7. The lowest BCUT2D eigenvalue weighted by Crippen LogP contribution is -2.18. The van der Waals surface area contributed by atoms with Gasteiger partial charge in [0.15, 0.2) is 11.5 Å². The topological polar surface area (TPSA) is 39.7 Å². The number of benzene rings is 1. The Bertz CT molecular complexity index is 401. The van der Waals surface area contributed by atoms with Gasteiger partial charge < -0.3 is 19.5 Å². The van der Waals surface area contributed by atoms with Gasteiger partial charge in [0, 0.05) is 19.8 Å². The number of halogens is 1. The van der Waals surface area contributed by atoms with E-state index in [0.717, 1.165) is 50.6 Å². The highest BCUT2D eigenvalue weighted by molar-refractivity contribution is 5.85. The van der Waals surface area contributed by atoms with Crippen molar-refractivity contribution in [3.8, 4) is 11.5 Å². The van der Waals surface area contributed by atoms with Crippen molar-refractivity contribution < 1.29 is 14.2 Å². The number of hydrogen-bond donors (Lipinski definition) is 1. The Balaban J connectivity index is 0.00000220. The molecule has 0 aliphatic carbocycles. The van der Waals surface area contributed by atoms with Crippen LogP contribution in [0.1, 0.15) is 31.7 Å². The molecule has 0 amide bonds. The van der Waals surface area contributed by atoms with Crippen molar-refractivity contribution in [1.29, 1.82) is 0 Å². The average Bonchev–Trinajstić information content (AvgIpc) is 2.50. The summed E-state index contributed by atoms with van der Waals surface area (Å²) in [6.45, 7) is 7.01. The van der Waals surface area contributed by atoms with E-state index < -0.39 is 0 Å². The Labute approximate surface area is 133 Å². The highest BCUT2D eigenvalue weighted by Gasteiger charge is 2.11. The summed E-state index contributed by atoms with van der Waals surface area (Å²) < 4.78 is 16.6. The van der Waals surface area contributed by atoms with E-state index in [9.17, 15) is 0 Å². The Morgan fingerprint density at radius 1 is 1.10 bits per heavy atom. The summed E-state index contributed by atoms with van der Waals surface area (Å²) in [5, 5.41) is 3.42. The van der Waals surface area contributed by atoms with Gasteiger partial charge in [-0.05, 0) is 37.1 Å². The number of rotatable bonds is 9. The molecule has 0 radical (unpaired) electrons. The molecule has 21 heavy (non-hydrogen) atoms. The zero-order chi connectivity index (χ0) is 14.0. The minimum Gasteiger partial charge on any atom is -0.486 e. The van der Waals surface area contributed by atoms with Gasteiger partial charge in [0.05, 0.1) is 0 Å². The smallest absolute Gasteiger partial charge is 0.161 e. The van der Waals surface area contributed by atoms with E-state index in [1.807, 2.05) is 6.07 Å². The van der Waals surface area contributed by atoms with Crippen molar-refractivity contribution in [1.82, 2.24) is 5.32 Å². The number of nitrogens with one attached hydrogen (secondary N) is 1. The molecule has 1 aliphatic heterocycles. The molecule has 2 rings (SSSR count). The summed E-state index contributed by atoms with van der Waals surface area (Å²) in [5.41, 5.74) is 1.22. The fourth-order valence-corrected chi connectivity index (χ4v) is 2.08. The van der Waals surface area contributed by atoms with Crippen molar-refractivity contribution in [2.24, 2.45) is 0 Å². The van der Waals surface area contributed by atoms with Crippen LogP contribution in [0.2, 0.25) is 0 Å². The van der Waals surface area contributed by atoms with Gasteiger partial charge in [0.2, 0.25) is 0 Å². The van der Waals surface area contributed by atoms with Crippen LogP contribution in [-0.4, -0.2) is 33.0 Å². The van der Waals surface area contributed by atoms with Crippen molar-refractivity contribution >= 4 is 12.4 Å². The predicted molar refractivity (Wildman–Crippen MR) is 86.7 cm³/mol. The molecule has 0 aromatic heterocycles. The van der Waals surface area contributed by atoms with E-state index in [-0.39, 0.29) is 12.4 Å². The van der Waals surface area contributed by atoms with E-state index in [0.29, 0.717) is 13.2 Å². The maximum atomic E-state index is 5.57. The third-order valence-corrected chi connectivity index (χ3v) is 3.22. The minimum atomic E-state index is 0. The van der Waals surface area contributed by atoms with Crippen LogP contribution in [0.3, 0.4) is 0 Å². The predicted octanol–water partition coefficient (Wildman–Crippen LogP) is 3.18. The van der Waals surface area contributed by atoms with Crippen LogP contribution >= 0.6 is 12.4 Å². The molecule has 0 saturated carbocycles. The lowest BCUT2D eigenvalue weighted by Gasteiger charge is -2.19. The van der Waals surface area contributed by atoms with Crippen molar-refractivity contribution in [2.45, 2.75) is 32.7 Å². The van der Waals surface area contributed by atoms with Gasteiger partial charge in [-0.25, -0.2) is 0 Å². The first-order valence-electron chi connectivity index (χ1n) is 7.57. The summed E-state index contributed by atoms with van der Waals surface area (Å²) in [7, 11) is 0. The van der Waals surface area contributed by atoms with Crippen LogP contribution in [0.5, 0.6) is 11.5 Å². The molecule has 1 heterocycles. The largest absolute Gasteiger partial charge is 0.486 e. The second-order valence-electron chi connectivity index (χ2n) is 4.97. The Morgan fingerprint density at radius 3 is 2.67 bits per heavy atom. The quantitative estimate of drug-likeness (QED) is 0.711. The monoisotopic (exact) mass is 315 g/mol. The molecule has 1 aliphatic rings.